The van der Waals surface area contributed by atoms with Crippen molar-refractivity contribution in [3.63, 3.8) is 0 Å². The number of aliphatic hydroxyl groups is 1. The molecule has 0 aliphatic carbocycles. The molecule has 2 aromatic carbocycles. The van der Waals surface area contributed by atoms with Crippen LogP contribution in [0.25, 0.3) is 11.1 Å². The highest BCUT2D eigenvalue weighted by atomic mass is 32.2. The number of sulfonamides is 1. The van der Waals surface area contributed by atoms with E-state index in [0.29, 0.717) is 23.5 Å². The van der Waals surface area contributed by atoms with E-state index in [1.807, 2.05) is 58.0 Å². The summed E-state index contributed by atoms with van der Waals surface area (Å²) >= 11 is 0. The summed E-state index contributed by atoms with van der Waals surface area (Å²) in [5.41, 5.74) is 8.16. The van der Waals surface area contributed by atoms with Crippen molar-refractivity contribution in [2.75, 3.05) is 18.4 Å². The van der Waals surface area contributed by atoms with Crippen LogP contribution in [0.4, 0.5) is 6.01 Å². The van der Waals surface area contributed by atoms with Crippen LogP contribution in [-0.4, -0.2) is 54.1 Å². The number of hydrogen-bond acceptors (Lipinski definition) is 7. The molecule has 0 aliphatic rings. The minimum absolute atomic E-state index is 0.0631. The summed E-state index contributed by atoms with van der Waals surface area (Å²) in [5, 5.41) is 13.8. The third-order valence-electron chi connectivity index (χ3n) is 5.18. The molecule has 0 bridgehead atoms. The fraction of sp³-hybridized carbons (Fsp3) is 0.458. The summed E-state index contributed by atoms with van der Waals surface area (Å²) in [4.78, 5) is 4.43. The maximum Gasteiger partial charge on any atom is 0.295 e. The van der Waals surface area contributed by atoms with Crippen LogP contribution < -0.4 is 11.1 Å². The fourth-order valence-corrected chi connectivity index (χ4v) is 5.21. The molecule has 0 amide bonds. The summed E-state index contributed by atoms with van der Waals surface area (Å²) < 4.78 is 34.0. The van der Waals surface area contributed by atoms with Gasteiger partial charge in [0.25, 0.3) is 6.01 Å². The van der Waals surface area contributed by atoms with Gasteiger partial charge in [0.2, 0.25) is 10.0 Å². The first-order valence-electron chi connectivity index (χ1n) is 11.2. The number of aromatic nitrogens is 1. The summed E-state index contributed by atoms with van der Waals surface area (Å²) in [6.07, 6.45) is -0.567. The number of aliphatic hydroxyl groups excluding tert-OH is 1. The van der Waals surface area contributed by atoms with Crippen molar-refractivity contribution < 1.29 is 17.9 Å². The number of oxazole rings is 1. The Labute approximate surface area is 195 Å². The van der Waals surface area contributed by atoms with E-state index in [-0.39, 0.29) is 29.9 Å². The summed E-state index contributed by atoms with van der Waals surface area (Å²) in [6, 6.07) is 14.1. The lowest BCUT2D eigenvalue weighted by Gasteiger charge is -2.28. The van der Waals surface area contributed by atoms with Gasteiger partial charge in [-0.3, -0.25) is 0 Å². The van der Waals surface area contributed by atoms with E-state index in [9.17, 15) is 13.5 Å². The number of hydrogen-bond donors (Lipinski definition) is 3. The molecule has 3 rings (SSSR count). The minimum Gasteiger partial charge on any atom is -0.424 e. The smallest absolute Gasteiger partial charge is 0.295 e. The minimum atomic E-state index is -3.89. The standard InChI is InChI=1S/C24H34N4O4S/c1-16(2)14-28(15-22(29)20(25)12-18-8-6-5-7-9-18)33(30,31)19-10-11-21-23(13-19)32-24(27-21)26-17(3)4/h5-11,13,16-17,20,22,29H,12,14-15,25H2,1-4H3,(H,26,27)/t20-,22+/m0/s1. The molecule has 0 aliphatic heterocycles. The van der Waals surface area contributed by atoms with E-state index < -0.39 is 22.2 Å². The summed E-state index contributed by atoms with van der Waals surface area (Å²) in [5.74, 6) is 0.0631. The van der Waals surface area contributed by atoms with Gasteiger partial charge in [-0.2, -0.15) is 9.29 Å². The fourth-order valence-electron chi connectivity index (χ4n) is 3.57. The molecule has 3 aromatic rings. The molecular weight excluding hydrogens is 440 g/mol. The van der Waals surface area contributed by atoms with Crippen molar-refractivity contribution in [1.29, 1.82) is 0 Å². The predicted molar refractivity (Wildman–Crippen MR) is 130 cm³/mol. The first kappa shape index (κ1) is 25.2. The van der Waals surface area contributed by atoms with Crippen molar-refractivity contribution in [3.8, 4) is 0 Å². The average molecular weight is 475 g/mol. The first-order chi connectivity index (χ1) is 15.6. The van der Waals surface area contributed by atoms with Gasteiger partial charge in [-0.15, -0.1) is 0 Å². The maximum absolute atomic E-state index is 13.5. The van der Waals surface area contributed by atoms with Crippen molar-refractivity contribution in [2.45, 2.75) is 57.2 Å². The summed E-state index contributed by atoms with van der Waals surface area (Å²) in [7, 11) is -3.89. The molecule has 8 nitrogen and oxygen atoms in total. The topological polar surface area (TPSA) is 122 Å². The highest BCUT2D eigenvalue weighted by Crippen LogP contribution is 2.25. The zero-order valence-electron chi connectivity index (χ0n) is 19.6. The zero-order valence-corrected chi connectivity index (χ0v) is 20.4. The van der Waals surface area contributed by atoms with Crippen LogP contribution in [0.1, 0.15) is 33.3 Å². The second kappa shape index (κ2) is 10.6. The Bertz CT molecular complexity index is 1150. The van der Waals surface area contributed by atoms with Crippen molar-refractivity contribution >= 4 is 27.1 Å². The third kappa shape index (κ3) is 6.54. The molecule has 0 saturated carbocycles. The second-order valence-electron chi connectivity index (χ2n) is 9.08. The van der Waals surface area contributed by atoms with Gasteiger partial charge in [0, 0.05) is 31.2 Å². The van der Waals surface area contributed by atoms with Crippen LogP contribution in [0, 0.1) is 5.92 Å². The molecule has 0 fully saturated rings. The van der Waals surface area contributed by atoms with Crippen molar-refractivity contribution in [3.05, 3.63) is 54.1 Å². The lowest BCUT2D eigenvalue weighted by atomic mass is 10.0. The molecule has 0 unspecified atom stereocenters. The van der Waals surface area contributed by atoms with Crippen molar-refractivity contribution in [2.24, 2.45) is 11.7 Å². The Morgan fingerprint density at radius 1 is 1.09 bits per heavy atom. The predicted octanol–water partition coefficient (Wildman–Crippen LogP) is 3.23. The van der Waals surface area contributed by atoms with E-state index >= 15 is 0 Å². The normalized spacial score (nSPS) is 14.3. The van der Waals surface area contributed by atoms with Gasteiger partial charge < -0.3 is 20.6 Å². The Hall–Kier alpha value is -2.46. The van der Waals surface area contributed by atoms with Crippen LogP contribution in [0.5, 0.6) is 0 Å². The Morgan fingerprint density at radius 3 is 2.42 bits per heavy atom. The van der Waals surface area contributed by atoms with Crippen LogP contribution in [-0.2, 0) is 16.4 Å². The monoisotopic (exact) mass is 474 g/mol. The largest absolute Gasteiger partial charge is 0.424 e. The molecule has 0 radical (unpaired) electrons. The molecule has 0 spiro atoms. The van der Waals surface area contributed by atoms with E-state index in [2.05, 4.69) is 10.3 Å². The molecule has 9 heteroatoms. The van der Waals surface area contributed by atoms with Gasteiger partial charge >= 0.3 is 0 Å². The Kier molecular flexibility index (Phi) is 8.12. The van der Waals surface area contributed by atoms with Crippen LogP contribution in [0.15, 0.2) is 57.8 Å². The van der Waals surface area contributed by atoms with Gasteiger partial charge in [0.1, 0.15) is 5.52 Å². The van der Waals surface area contributed by atoms with Gasteiger partial charge in [-0.1, -0.05) is 44.2 Å². The average Bonchev–Trinajstić information content (AvgIpc) is 3.14. The molecule has 180 valence electrons. The van der Waals surface area contributed by atoms with Crippen LogP contribution >= 0.6 is 0 Å². The SMILES string of the molecule is CC(C)CN(C[C@@H](O)[C@@H](N)Cc1ccccc1)S(=O)(=O)c1ccc2nc(NC(C)C)oc2c1. The maximum atomic E-state index is 13.5. The second-order valence-corrected chi connectivity index (χ2v) is 11.0. The van der Waals surface area contributed by atoms with Gasteiger partial charge in [-0.05, 0) is 43.9 Å². The number of rotatable bonds is 11. The van der Waals surface area contributed by atoms with Gasteiger partial charge in [-0.25, -0.2) is 8.42 Å². The zero-order chi connectivity index (χ0) is 24.2. The lowest BCUT2D eigenvalue weighted by molar-refractivity contribution is 0.116. The number of benzene rings is 2. The quantitative estimate of drug-likeness (QED) is 0.390. The number of nitrogens with one attached hydrogen (secondary N) is 1. The van der Waals surface area contributed by atoms with E-state index in [4.69, 9.17) is 10.2 Å². The molecular formula is C24H34N4O4S. The highest BCUT2D eigenvalue weighted by Gasteiger charge is 2.30. The van der Waals surface area contributed by atoms with E-state index in [1.165, 1.54) is 16.4 Å². The Morgan fingerprint density at radius 2 is 1.79 bits per heavy atom. The first-order valence-corrected chi connectivity index (χ1v) is 12.6. The number of nitrogens with two attached hydrogens (primary N) is 1. The number of fused-ring (bicyclic) bond motifs is 1. The molecule has 1 aromatic heterocycles. The lowest BCUT2D eigenvalue weighted by Crippen LogP contribution is -2.47. The number of anilines is 1. The number of nitrogens with zero attached hydrogens (tertiary/aromatic N) is 2. The molecule has 1 heterocycles. The Balaban J connectivity index is 1.82. The van der Waals surface area contributed by atoms with Crippen molar-refractivity contribution in [1.82, 2.24) is 9.29 Å². The summed E-state index contributed by atoms with van der Waals surface area (Å²) in [6.45, 7) is 7.95. The highest BCUT2D eigenvalue weighted by molar-refractivity contribution is 7.89. The third-order valence-corrected chi connectivity index (χ3v) is 7.01. The van der Waals surface area contributed by atoms with Crippen LogP contribution in [0.3, 0.4) is 0 Å². The molecule has 0 saturated heterocycles. The van der Waals surface area contributed by atoms with E-state index in [0.717, 1.165) is 5.56 Å². The molecule has 2 atom stereocenters. The van der Waals surface area contributed by atoms with Gasteiger partial charge in [0.05, 0.1) is 11.0 Å². The molecule has 33 heavy (non-hydrogen) atoms. The van der Waals surface area contributed by atoms with Gasteiger partial charge in [0.15, 0.2) is 5.58 Å². The molecule has 4 N–H and O–H groups in total. The van der Waals surface area contributed by atoms with E-state index in [1.54, 1.807) is 6.07 Å². The van der Waals surface area contributed by atoms with Crippen LogP contribution in [0.2, 0.25) is 0 Å².